The molecule has 44 valence electrons. The summed E-state index contributed by atoms with van der Waals surface area (Å²) >= 11 is 0. The maximum absolute atomic E-state index is 6.55. The molecule has 0 aliphatic carbocycles. The van der Waals surface area contributed by atoms with Crippen molar-refractivity contribution in [3.8, 4) is 0 Å². The lowest BCUT2D eigenvalue weighted by atomic mass is 10.4. The molecule has 0 saturated carbocycles. The van der Waals surface area contributed by atoms with Crippen molar-refractivity contribution in [2.75, 3.05) is 19.8 Å². The van der Waals surface area contributed by atoms with Crippen LogP contribution >= 0.6 is 0 Å². The Balaban J connectivity index is 2.17. The van der Waals surface area contributed by atoms with Crippen LogP contribution in [0.15, 0.2) is 0 Å². The van der Waals surface area contributed by atoms with Gasteiger partial charge in [-0.3, -0.25) is 4.85 Å². The Bertz CT molecular complexity index is 97.6. The van der Waals surface area contributed by atoms with Crippen molar-refractivity contribution in [2.24, 2.45) is 0 Å². The van der Waals surface area contributed by atoms with E-state index in [0.29, 0.717) is 6.67 Å². The van der Waals surface area contributed by atoms with E-state index in [1.165, 1.54) is 12.8 Å². The van der Waals surface area contributed by atoms with Crippen LogP contribution in [0.2, 0.25) is 0 Å². The van der Waals surface area contributed by atoms with E-state index in [1.54, 1.807) is 0 Å². The van der Waals surface area contributed by atoms with Crippen LogP contribution in [0.4, 0.5) is 0 Å². The first-order chi connectivity index (χ1) is 3.93. The van der Waals surface area contributed by atoms with Crippen LogP contribution < -0.4 is 0 Å². The average Bonchev–Trinajstić information content (AvgIpc) is 2.19. The Morgan fingerprint density at radius 3 is 2.50 bits per heavy atom. The van der Waals surface area contributed by atoms with Crippen LogP contribution in [-0.4, -0.2) is 24.7 Å². The van der Waals surface area contributed by atoms with E-state index < -0.39 is 0 Å². The molecule has 0 unspecified atom stereocenters. The Morgan fingerprint density at radius 2 is 2.00 bits per heavy atom. The van der Waals surface area contributed by atoms with Gasteiger partial charge in [-0.1, -0.05) is 0 Å². The highest BCUT2D eigenvalue weighted by Crippen LogP contribution is 2.05. The fraction of sp³-hybridized carbons (Fsp3) is 0.833. The molecule has 0 aromatic carbocycles. The highest BCUT2D eigenvalue weighted by atomic mass is 15.2. The van der Waals surface area contributed by atoms with Gasteiger partial charge < -0.3 is 0 Å². The molecule has 2 heteroatoms. The molecule has 0 atom stereocenters. The second-order valence-electron chi connectivity index (χ2n) is 2.12. The Hall–Kier alpha value is -0.550. The van der Waals surface area contributed by atoms with Crippen LogP contribution in [0.25, 0.3) is 4.85 Å². The second-order valence-corrected chi connectivity index (χ2v) is 2.12. The fourth-order valence-corrected chi connectivity index (χ4v) is 1.02. The van der Waals surface area contributed by atoms with E-state index in [0.717, 1.165) is 13.1 Å². The van der Waals surface area contributed by atoms with Crippen LogP contribution in [0.1, 0.15) is 12.8 Å². The topological polar surface area (TPSA) is 7.60 Å². The summed E-state index contributed by atoms with van der Waals surface area (Å²) in [4.78, 5) is 5.48. The van der Waals surface area contributed by atoms with E-state index in [1.807, 2.05) is 0 Å². The second kappa shape index (κ2) is 2.68. The van der Waals surface area contributed by atoms with Gasteiger partial charge >= 0.3 is 0 Å². The predicted molar refractivity (Wildman–Crippen MR) is 32.3 cm³/mol. The SMILES string of the molecule is [C-]#[N+]CN1CCCC1. The molecule has 0 N–H and O–H groups in total. The van der Waals surface area contributed by atoms with E-state index in [9.17, 15) is 0 Å². The van der Waals surface area contributed by atoms with Crippen molar-refractivity contribution in [1.82, 2.24) is 4.90 Å². The van der Waals surface area contributed by atoms with Crippen molar-refractivity contribution in [3.63, 3.8) is 0 Å². The third-order valence-electron chi connectivity index (χ3n) is 1.47. The summed E-state index contributed by atoms with van der Waals surface area (Å²) in [5, 5.41) is 0. The minimum absolute atomic E-state index is 0.611. The molecule has 1 saturated heterocycles. The van der Waals surface area contributed by atoms with E-state index in [2.05, 4.69) is 9.74 Å². The quantitative estimate of drug-likeness (QED) is 0.456. The molecule has 0 radical (unpaired) electrons. The molecular formula is C6H10N2. The number of hydrogen-bond acceptors (Lipinski definition) is 1. The molecule has 1 heterocycles. The molecule has 0 aromatic rings. The highest BCUT2D eigenvalue weighted by Gasteiger charge is 2.11. The van der Waals surface area contributed by atoms with Crippen molar-refractivity contribution in [1.29, 1.82) is 0 Å². The molecule has 0 aromatic heterocycles. The van der Waals surface area contributed by atoms with Crippen LogP contribution in [0.5, 0.6) is 0 Å². The van der Waals surface area contributed by atoms with Gasteiger partial charge in [-0.25, -0.2) is 11.5 Å². The van der Waals surface area contributed by atoms with Gasteiger partial charge in [-0.2, -0.15) is 0 Å². The zero-order valence-corrected chi connectivity index (χ0v) is 4.93. The largest absolute Gasteiger partial charge is 0.299 e. The molecule has 1 aliphatic heterocycles. The van der Waals surface area contributed by atoms with Crippen molar-refractivity contribution >= 4 is 0 Å². The van der Waals surface area contributed by atoms with E-state index >= 15 is 0 Å². The molecule has 0 amide bonds. The zero-order chi connectivity index (χ0) is 5.82. The molecule has 1 fully saturated rings. The summed E-state index contributed by atoms with van der Waals surface area (Å²) in [6.07, 6.45) is 2.57. The van der Waals surface area contributed by atoms with Gasteiger partial charge in [0.25, 0.3) is 6.67 Å². The van der Waals surface area contributed by atoms with Gasteiger partial charge in [0, 0.05) is 13.1 Å². The van der Waals surface area contributed by atoms with Crippen LogP contribution in [-0.2, 0) is 0 Å². The summed E-state index contributed by atoms with van der Waals surface area (Å²) in [6, 6.07) is 0. The summed E-state index contributed by atoms with van der Waals surface area (Å²) in [6.45, 7) is 9.44. The molecule has 8 heavy (non-hydrogen) atoms. The van der Waals surface area contributed by atoms with E-state index in [4.69, 9.17) is 6.57 Å². The minimum Gasteiger partial charge on any atom is -0.299 e. The maximum atomic E-state index is 6.55. The third kappa shape index (κ3) is 1.21. The van der Waals surface area contributed by atoms with E-state index in [-0.39, 0.29) is 0 Å². The third-order valence-corrected chi connectivity index (χ3v) is 1.47. The van der Waals surface area contributed by atoms with Gasteiger partial charge in [0.15, 0.2) is 0 Å². The smallest absolute Gasteiger partial charge is 0.270 e. The number of hydrogen-bond donors (Lipinski definition) is 0. The summed E-state index contributed by atoms with van der Waals surface area (Å²) in [7, 11) is 0. The van der Waals surface area contributed by atoms with Crippen molar-refractivity contribution in [3.05, 3.63) is 11.4 Å². The molecule has 1 rings (SSSR count). The number of likely N-dealkylation sites (tertiary alicyclic amines) is 1. The average molecular weight is 110 g/mol. The predicted octanol–water partition coefficient (Wildman–Crippen LogP) is 0.959. The fourth-order valence-electron chi connectivity index (χ4n) is 1.02. The molecule has 2 nitrogen and oxygen atoms in total. The van der Waals surface area contributed by atoms with Gasteiger partial charge in [0.05, 0.1) is 0 Å². The molecular weight excluding hydrogens is 100 g/mol. The Morgan fingerprint density at radius 1 is 1.38 bits per heavy atom. The van der Waals surface area contributed by atoms with Crippen LogP contribution in [0, 0.1) is 6.57 Å². The maximum Gasteiger partial charge on any atom is 0.270 e. The lowest BCUT2D eigenvalue weighted by Gasteiger charge is -2.02. The number of nitrogens with zero attached hydrogens (tertiary/aromatic N) is 2. The first kappa shape index (κ1) is 5.58. The zero-order valence-electron chi connectivity index (χ0n) is 4.93. The Kier molecular flexibility index (Phi) is 1.87. The summed E-state index contributed by atoms with van der Waals surface area (Å²) in [5.74, 6) is 0. The Labute approximate surface area is 49.9 Å². The van der Waals surface area contributed by atoms with Crippen molar-refractivity contribution < 1.29 is 0 Å². The van der Waals surface area contributed by atoms with Crippen LogP contribution in [0.3, 0.4) is 0 Å². The highest BCUT2D eigenvalue weighted by molar-refractivity contribution is 4.69. The lowest BCUT2D eigenvalue weighted by Crippen LogP contribution is -2.17. The standard InChI is InChI=1S/C6H10N2/c1-7-6-8-4-2-3-5-8/h2-6H2. The van der Waals surface area contributed by atoms with Gasteiger partial charge in [0.1, 0.15) is 0 Å². The molecule has 0 spiro atoms. The monoisotopic (exact) mass is 110 g/mol. The summed E-state index contributed by atoms with van der Waals surface area (Å²) in [5.41, 5.74) is 0. The minimum atomic E-state index is 0.611. The summed E-state index contributed by atoms with van der Waals surface area (Å²) < 4.78 is 0. The number of rotatable bonds is 1. The lowest BCUT2D eigenvalue weighted by molar-refractivity contribution is 0.376. The first-order valence-corrected chi connectivity index (χ1v) is 2.99. The van der Waals surface area contributed by atoms with Crippen molar-refractivity contribution in [2.45, 2.75) is 12.8 Å². The molecule has 1 aliphatic rings. The van der Waals surface area contributed by atoms with Gasteiger partial charge in [-0.15, -0.1) is 0 Å². The normalized spacial score (nSPS) is 20.9. The molecule has 0 bridgehead atoms. The first-order valence-electron chi connectivity index (χ1n) is 2.99. The van der Waals surface area contributed by atoms with Gasteiger partial charge in [0.2, 0.25) is 0 Å². The van der Waals surface area contributed by atoms with Gasteiger partial charge in [-0.05, 0) is 12.8 Å².